The highest BCUT2D eigenvalue weighted by molar-refractivity contribution is 7.92. The Morgan fingerprint density at radius 3 is 2.50 bits per heavy atom. The number of aryl methyl sites for hydroxylation is 1. The first-order valence-electron chi connectivity index (χ1n) is 8.43. The fraction of sp³-hybridized carbons (Fsp3) is 0.471. The lowest BCUT2D eigenvalue weighted by atomic mass is 10.1. The summed E-state index contributed by atoms with van der Waals surface area (Å²) in [7, 11) is -3.58. The first-order chi connectivity index (χ1) is 11.6. The predicted octanol–water partition coefficient (Wildman–Crippen LogP) is 2.34. The van der Waals surface area contributed by atoms with Crippen molar-refractivity contribution in [3.05, 3.63) is 42.2 Å². The van der Waals surface area contributed by atoms with Gasteiger partial charge in [0.25, 0.3) is 10.0 Å². The molecular formula is C17H24N4O2S. The zero-order valence-corrected chi connectivity index (χ0v) is 14.8. The van der Waals surface area contributed by atoms with E-state index in [4.69, 9.17) is 0 Å². The zero-order chi connectivity index (χ0) is 17.0. The van der Waals surface area contributed by atoms with Crippen LogP contribution < -0.4 is 4.72 Å². The largest absolute Gasteiger partial charge is 0.303 e. The summed E-state index contributed by atoms with van der Waals surface area (Å²) < 4.78 is 28.9. The average molecular weight is 348 g/mol. The first-order valence-corrected chi connectivity index (χ1v) is 9.92. The van der Waals surface area contributed by atoms with E-state index in [2.05, 4.69) is 14.7 Å². The van der Waals surface area contributed by atoms with Crippen LogP contribution in [0.25, 0.3) is 0 Å². The molecule has 24 heavy (non-hydrogen) atoms. The monoisotopic (exact) mass is 348 g/mol. The highest BCUT2D eigenvalue weighted by atomic mass is 32.2. The van der Waals surface area contributed by atoms with Crippen LogP contribution in [0, 0.1) is 0 Å². The van der Waals surface area contributed by atoms with Crippen LogP contribution in [0.1, 0.15) is 25.3 Å². The van der Waals surface area contributed by atoms with Crippen LogP contribution in [0.3, 0.4) is 0 Å². The number of rotatable bonds is 7. The lowest BCUT2D eigenvalue weighted by molar-refractivity contribution is 0.343. The van der Waals surface area contributed by atoms with E-state index in [0.717, 1.165) is 13.0 Å². The van der Waals surface area contributed by atoms with Gasteiger partial charge in [-0.15, -0.1) is 0 Å². The Morgan fingerprint density at radius 2 is 1.88 bits per heavy atom. The van der Waals surface area contributed by atoms with Gasteiger partial charge in [0, 0.05) is 25.0 Å². The number of sulfonamides is 1. The average Bonchev–Trinajstić information content (AvgIpc) is 3.25. The first kappa shape index (κ1) is 17.0. The second-order valence-corrected chi connectivity index (χ2v) is 7.82. The van der Waals surface area contributed by atoms with Gasteiger partial charge in [-0.1, -0.05) is 12.1 Å². The molecule has 2 heterocycles. The Kier molecular flexibility index (Phi) is 5.20. The van der Waals surface area contributed by atoms with E-state index in [-0.39, 0.29) is 4.90 Å². The van der Waals surface area contributed by atoms with Crippen LogP contribution in [0.4, 0.5) is 5.69 Å². The van der Waals surface area contributed by atoms with Crippen molar-refractivity contribution in [2.24, 2.45) is 0 Å². The van der Waals surface area contributed by atoms with Gasteiger partial charge in [-0.2, -0.15) is 5.10 Å². The predicted molar refractivity (Wildman–Crippen MR) is 94.5 cm³/mol. The van der Waals surface area contributed by atoms with Crippen molar-refractivity contribution in [1.29, 1.82) is 0 Å². The molecule has 1 aliphatic heterocycles. The molecule has 130 valence electrons. The van der Waals surface area contributed by atoms with Gasteiger partial charge in [0.05, 0.1) is 6.20 Å². The van der Waals surface area contributed by atoms with E-state index in [1.54, 1.807) is 4.68 Å². The number of anilines is 1. The summed E-state index contributed by atoms with van der Waals surface area (Å²) in [5.41, 5.74) is 1.80. The third-order valence-corrected chi connectivity index (χ3v) is 5.70. The molecular weight excluding hydrogens is 324 g/mol. The van der Waals surface area contributed by atoms with Crippen LogP contribution in [0.5, 0.6) is 0 Å². The molecule has 0 spiro atoms. The molecule has 0 atom stereocenters. The maximum absolute atomic E-state index is 12.3. The molecule has 0 radical (unpaired) electrons. The molecule has 6 nitrogen and oxygen atoms in total. The third-order valence-electron chi connectivity index (χ3n) is 4.37. The van der Waals surface area contributed by atoms with Crippen LogP contribution in [-0.4, -0.2) is 42.7 Å². The van der Waals surface area contributed by atoms with Crippen molar-refractivity contribution < 1.29 is 8.42 Å². The highest BCUT2D eigenvalue weighted by Crippen LogP contribution is 2.17. The van der Waals surface area contributed by atoms with Gasteiger partial charge in [-0.05, 0) is 57.0 Å². The van der Waals surface area contributed by atoms with E-state index in [1.165, 1.54) is 43.9 Å². The van der Waals surface area contributed by atoms with Gasteiger partial charge >= 0.3 is 0 Å². The zero-order valence-electron chi connectivity index (χ0n) is 14.0. The van der Waals surface area contributed by atoms with E-state index in [0.29, 0.717) is 12.2 Å². The minimum absolute atomic E-state index is 0.183. The smallest absolute Gasteiger partial charge is 0.265 e. The molecule has 3 rings (SSSR count). The van der Waals surface area contributed by atoms with Gasteiger partial charge in [0.1, 0.15) is 4.90 Å². The fourth-order valence-corrected chi connectivity index (χ4v) is 3.91. The van der Waals surface area contributed by atoms with Crippen LogP contribution >= 0.6 is 0 Å². The SMILES string of the molecule is CCn1cc(S(=O)(=O)Nc2ccc(CCN3CCCC3)cc2)cn1. The minimum atomic E-state index is -3.58. The molecule has 1 N–H and O–H groups in total. The molecule has 0 aliphatic carbocycles. The normalized spacial score (nSPS) is 15.7. The number of hydrogen-bond donors (Lipinski definition) is 1. The quantitative estimate of drug-likeness (QED) is 0.834. The number of nitrogens with zero attached hydrogens (tertiary/aromatic N) is 3. The summed E-state index contributed by atoms with van der Waals surface area (Å²) >= 11 is 0. The molecule has 1 saturated heterocycles. The van der Waals surface area contributed by atoms with Gasteiger partial charge in [-0.25, -0.2) is 8.42 Å². The van der Waals surface area contributed by atoms with E-state index in [1.807, 2.05) is 31.2 Å². The number of hydrogen-bond acceptors (Lipinski definition) is 4. The van der Waals surface area contributed by atoms with Crippen LogP contribution in [0.15, 0.2) is 41.6 Å². The van der Waals surface area contributed by atoms with Crippen molar-refractivity contribution >= 4 is 15.7 Å². The molecule has 0 saturated carbocycles. The highest BCUT2D eigenvalue weighted by Gasteiger charge is 2.16. The summed E-state index contributed by atoms with van der Waals surface area (Å²) in [5, 5.41) is 4.01. The summed E-state index contributed by atoms with van der Waals surface area (Å²) in [6.07, 6.45) is 6.50. The van der Waals surface area contributed by atoms with Crippen LogP contribution in [-0.2, 0) is 23.0 Å². The van der Waals surface area contributed by atoms with Gasteiger partial charge in [0.15, 0.2) is 0 Å². The molecule has 1 aliphatic rings. The maximum atomic E-state index is 12.3. The summed E-state index contributed by atoms with van der Waals surface area (Å²) in [5.74, 6) is 0. The molecule has 0 bridgehead atoms. The lowest BCUT2D eigenvalue weighted by Crippen LogP contribution is -2.21. The molecule has 1 aromatic heterocycles. The number of nitrogens with one attached hydrogen (secondary N) is 1. The second-order valence-electron chi connectivity index (χ2n) is 6.13. The van der Waals surface area contributed by atoms with Crippen LogP contribution in [0.2, 0.25) is 0 Å². The topological polar surface area (TPSA) is 67.2 Å². The maximum Gasteiger partial charge on any atom is 0.265 e. The minimum Gasteiger partial charge on any atom is -0.303 e. The van der Waals surface area contributed by atoms with Crippen molar-refractivity contribution in [3.8, 4) is 0 Å². The fourth-order valence-electron chi connectivity index (χ4n) is 2.90. The van der Waals surface area contributed by atoms with Crippen molar-refractivity contribution in [2.45, 2.75) is 37.6 Å². The number of aromatic nitrogens is 2. The van der Waals surface area contributed by atoms with E-state index in [9.17, 15) is 8.42 Å². The lowest BCUT2D eigenvalue weighted by Gasteiger charge is -2.14. The summed E-state index contributed by atoms with van der Waals surface area (Å²) in [6, 6.07) is 7.62. The molecule has 2 aromatic rings. The Balaban J connectivity index is 1.60. The Labute approximate surface area is 143 Å². The third kappa shape index (κ3) is 4.15. The van der Waals surface area contributed by atoms with Gasteiger partial charge in [-0.3, -0.25) is 9.40 Å². The summed E-state index contributed by atoms with van der Waals surface area (Å²) in [6.45, 7) is 6.02. The van der Waals surface area contributed by atoms with Gasteiger partial charge < -0.3 is 4.90 Å². The molecule has 1 aromatic carbocycles. The molecule has 0 amide bonds. The standard InChI is InChI=1S/C17H24N4O2S/c1-2-21-14-17(13-18-21)24(22,23)19-16-7-5-15(6-8-16)9-12-20-10-3-4-11-20/h5-8,13-14,19H,2-4,9-12H2,1H3. The van der Waals surface area contributed by atoms with E-state index < -0.39 is 10.0 Å². The van der Waals surface area contributed by atoms with Crippen molar-refractivity contribution in [2.75, 3.05) is 24.4 Å². The number of likely N-dealkylation sites (tertiary alicyclic amines) is 1. The second kappa shape index (κ2) is 7.36. The Hall–Kier alpha value is -1.86. The summed E-state index contributed by atoms with van der Waals surface area (Å²) in [4.78, 5) is 2.66. The molecule has 1 fully saturated rings. The Morgan fingerprint density at radius 1 is 1.17 bits per heavy atom. The molecule has 7 heteroatoms. The van der Waals surface area contributed by atoms with E-state index >= 15 is 0 Å². The Bertz CT molecular complexity index is 762. The number of benzene rings is 1. The van der Waals surface area contributed by atoms with Crippen molar-refractivity contribution in [3.63, 3.8) is 0 Å². The molecule has 0 unspecified atom stereocenters. The van der Waals surface area contributed by atoms with Gasteiger partial charge in [0.2, 0.25) is 0 Å². The van der Waals surface area contributed by atoms with Crippen molar-refractivity contribution in [1.82, 2.24) is 14.7 Å².